The van der Waals surface area contributed by atoms with Crippen LogP contribution in [-0.2, 0) is 14.6 Å². The number of rotatable bonds is 3. The van der Waals surface area contributed by atoms with Crippen molar-refractivity contribution in [1.29, 1.82) is 0 Å². The Hall–Kier alpha value is -1.11. The number of carbonyl (C=O) groups excluding carboxylic acids is 1. The van der Waals surface area contributed by atoms with Crippen LogP contribution in [-0.4, -0.2) is 44.4 Å². The van der Waals surface area contributed by atoms with Gasteiger partial charge < -0.3 is 10.6 Å². The summed E-state index contributed by atoms with van der Waals surface area (Å²) in [6.07, 6.45) is 6.50. The van der Waals surface area contributed by atoms with Crippen molar-refractivity contribution in [1.82, 2.24) is 10.6 Å². The first-order chi connectivity index (χ1) is 9.08. The van der Waals surface area contributed by atoms with Crippen LogP contribution < -0.4 is 10.6 Å². The number of nitrogens with one attached hydrogen (secondary N) is 2. The average Bonchev–Trinajstić information content (AvgIpc) is 2.77. The summed E-state index contributed by atoms with van der Waals surface area (Å²) in [5.41, 5.74) is 0. The molecule has 0 aromatic rings. The van der Waals surface area contributed by atoms with E-state index in [9.17, 15) is 13.2 Å². The second-order valence-corrected chi connectivity index (χ2v) is 7.03. The van der Waals surface area contributed by atoms with Gasteiger partial charge in [-0.05, 0) is 12.8 Å². The van der Waals surface area contributed by atoms with Gasteiger partial charge in [0, 0.05) is 12.6 Å². The fourth-order valence-electron chi connectivity index (χ4n) is 2.52. The van der Waals surface area contributed by atoms with Crippen molar-refractivity contribution in [2.45, 2.75) is 44.6 Å². The molecule has 2 aliphatic rings. The van der Waals surface area contributed by atoms with Gasteiger partial charge in [-0.25, -0.2) is 8.42 Å². The van der Waals surface area contributed by atoms with E-state index in [-0.39, 0.29) is 11.2 Å². The van der Waals surface area contributed by atoms with Gasteiger partial charge in [-0.2, -0.15) is 0 Å². The molecule has 0 bridgehead atoms. The topological polar surface area (TPSA) is 87.6 Å². The molecule has 6 nitrogen and oxygen atoms in total. The van der Waals surface area contributed by atoms with Crippen molar-refractivity contribution < 1.29 is 13.2 Å². The number of carbonyl (C=O) groups is 1. The summed E-state index contributed by atoms with van der Waals surface area (Å²) >= 11 is 0. The number of hydrogen-bond donors (Lipinski definition) is 2. The Labute approximate surface area is 114 Å². The number of nitrogens with zero attached hydrogens (tertiary/aromatic N) is 1. The molecule has 1 fully saturated rings. The van der Waals surface area contributed by atoms with Crippen molar-refractivity contribution in [2.75, 3.05) is 18.8 Å². The molecule has 0 spiro atoms. The fourth-order valence-corrected chi connectivity index (χ4v) is 3.69. The van der Waals surface area contributed by atoms with Gasteiger partial charge in [0.2, 0.25) is 20.9 Å². The number of hydrogen-bond acceptors (Lipinski definition) is 5. The lowest BCUT2D eigenvalue weighted by atomic mass is 10.1. The second-order valence-electron chi connectivity index (χ2n) is 5.13. The Morgan fingerprint density at radius 2 is 1.95 bits per heavy atom. The van der Waals surface area contributed by atoms with E-state index in [1.807, 2.05) is 0 Å². The average molecular weight is 287 g/mol. The van der Waals surface area contributed by atoms with Crippen LogP contribution in [0.5, 0.6) is 0 Å². The van der Waals surface area contributed by atoms with Gasteiger partial charge in [-0.15, -0.1) is 0 Å². The van der Waals surface area contributed by atoms with E-state index in [2.05, 4.69) is 15.6 Å². The number of amides is 1. The molecular weight excluding hydrogens is 266 g/mol. The first-order valence-corrected chi connectivity index (χ1v) is 8.53. The fraction of sp³-hybridized carbons (Fsp3) is 0.833. The van der Waals surface area contributed by atoms with Crippen molar-refractivity contribution >= 4 is 20.9 Å². The Kier molecular flexibility index (Phi) is 4.79. The van der Waals surface area contributed by atoms with Crippen LogP contribution in [0.25, 0.3) is 0 Å². The van der Waals surface area contributed by atoms with Crippen molar-refractivity contribution in [2.24, 2.45) is 4.99 Å². The van der Waals surface area contributed by atoms with Crippen molar-refractivity contribution in [3.63, 3.8) is 0 Å². The summed E-state index contributed by atoms with van der Waals surface area (Å²) in [7, 11) is -3.59. The summed E-state index contributed by atoms with van der Waals surface area (Å²) in [5, 5.41) is 5.50. The minimum atomic E-state index is -3.59. The Balaban J connectivity index is 1.86. The highest BCUT2D eigenvalue weighted by atomic mass is 32.2. The van der Waals surface area contributed by atoms with E-state index < -0.39 is 21.5 Å². The van der Waals surface area contributed by atoms with Crippen LogP contribution in [0.2, 0.25) is 0 Å². The molecule has 0 unspecified atom stereocenters. The van der Waals surface area contributed by atoms with E-state index in [0.29, 0.717) is 13.1 Å². The number of amidine groups is 1. The molecule has 1 heterocycles. The molecule has 0 aromatic heterocycles. The molecule has 0 saturated heterocycles. The molecule has 1 amide bonds. The molecule has 1 aliphatic carbocycles. The molecule has 19 heavy (non-hydrogen) atoms. The summed E-state index contributed by atoms with van der Waals surface area (Å²) in [5.74, 6) is -0.918. The van der Waals surface area contributed by atoms with Gasteiger partial charge in [0.05, 0.1) is 6.54 Å². The lowest BCUT2D eigenvalue weighted by Crippen LogP contribution is -2.41. The first-order valence-electron chi connectivity index (χ1n) is 6.88. The molecule has 1 saturated carbocycles. The standard InChI is InChI=1S/C12H21N3O3S/c16-11(15-10-5-3-1-2-4-6-10)9-19(17,18)12-13-7-8-14-12/h10H,1-9H2,(H,13,14)(H,15,16). The number of aliphatic imine (C=N–C) groups is 1. The molecule has 2 rings (SSSR count). The Morgan fingerprint density at radius 1 is 1.26 bits per heavy atom. The molecule has 0 atom stereocenters. The lowest BCUT2D eigenvalue weighted by Gasteiger charge is -2.16. The van der Waals surface area contributed by atoms with Crippen LogP contribution in [0.1, 0.15) is 38.5 Å². The van der Waals surface area contributed by atoms with Gasteiger partial charge in [0.25, 0.3) is 0 Å². The molecule has 0 radical (unpaired) electrons. The zero-order valence-corrected chi connectivity index (χ0v) is 11.8. The zero-order valence-electron chi connectivity index (χ0n) is 11.0. The quantitative estimate of drug-likeness (QED) is 0.726. The molecule has 0 aromatic carbocycles. The monoisotopic (exact) mass is 287 g/mol. The predicted octanol–water partition coefficient (Wildman–Crippen LogP) is 0.199. The zero-order chi connectivity index (χ0) is 13.7. The summed E-state index contributed by atoms with van der Waals surface area (Å²) in [6, 6.07) is 0.128. The first kappa shape index (κ1) is 14.3. The minimum Gasteiger partial charge on any atom is -0.359 e. The van der Waals surface area contributed by atoms with Crippen LogP contribution in [0.3, 0.4) is 0 Å². The van der Waals surface area contributed by atoms with Crippen LogP contribution >= 0.6 is 0 Å². The second kappa shape index (κ2) is 6.36. The minimum absolute atomic E-state index is 0.0384. The van der Waals surface area contributed by atoms with Crippen molar-refractivity contribution in [3.05, 3.63) is 0 Å². The Morgan fingerprint density at radius 3 is 2.53 bits per heavy atom. The highest BCUT2D eigenvalue weighted by molar-refractivity contribution is 8.06. The smallest absolute Gasteiger partial charge is 0.235 e. The van der Waals surface area contributed by atoms with E-state index in [1.165, 1.54) is 12.8 Å². The molecule has 1 aliphatic heterocycles. The van der Waals surface area contributed by atoms with E-state index >= 15 is 0 Å². The third kappa shape index (κ3) is 4.19. The normalized spacial score (nSPS) is 21.4. The highest BCUT2D eigenvalue weighted by Gasteiger charge is 2.26. The van der Waals surface area contributed by atoms with Crippen LogP contribution in [0.15, 0.2) is 4.99 Å². The van der Waals surface area contributed by atoms with Gasteiger partial charge in [0.15, 0.2) is 0 Å². The lowest BCUT2D eigenvalue weighted by molar-refractivity contribution is -0.119. The van der Waals surface area contributed by atoms with Gasteiger partial charge >= 0.3 is 0 Å². The largest absolute Gasteiger partial charge is 0.359 e. The van der Waals surface area contributed by atoms with Gasteiger partial charge in [-0.1, -0.05) is 25.7 Å². The molecule has 7 heteroatoms. The van der Waals surface area contributed by atoms with Gasteiger partial charge in [0.1, 0.15) is 5.75 Å². The maximum atomic E-state index is 11.9. The summed E-state index contributed by atoms with van der Waals surface area (Å²) in [6.45, 7) is 0.984. The molecular formula is C12H21N3O3S. The summed E-state index contributed by atoms with van der Waals surface area (Å²) < 4.78 is 23.8. The van der Waals surface area contributed by atoms with Crippen molar-refractivity contribution in [3.8, 4) is 0 Å². The van der Waals surface area contributed by atoms with E-state index in [1.54, 1.807) is 0 Å². The number of sulfone groups is 1. The highest BCUT2D eigenvalue weighted by Crippen LogP contribution is 2.17. The van der Waals surface area contributed by atoms with E-state index in [0.717, 1.165) is 25.7 Å². The predicted molar refractivity (Wildman–Crippen MR) is 73.7 cm³/mol. The maximum absolute atomic E-state index is 11.9. The third-order valence-electron chi connectivity index (χ3n) is 3.48. The van der Waals surface area contributed by atoms with E-state index in [4.69, 9.17) is 0 Å². The van der Waals surface area contributed by atoms with Gasteiger partial charge in [-0.3, -0.25) is 9.79 Å². The molecule has 2 N–H and O–H groups in total. The van der Waals surface area contributed by atoms with Crippen LogP contribution in [0.4, 0.5) is 0 Å². The third-order valence-corrected chi connectivity index (χ3v) is 4.98. The summed E-state index contributed by atoms with van der Waals surface area (Å²) in [4.78, 5) is 15.7. The Bertz CT molecular complexity index is 451. The maximum Gasteiger partial charge on any atom is 0.235 e. The molecule has 108 valence electrons. The SMILES string of the molecule is O=C(CS(=O)(=O)C1=NCCN1)NC1CCCCCC1. The van der Waals surface area contributed by atoms with Crippen LogP contribution in [0, 0.1) is 0 Å².